The lowest BCUT2D eigenvalue weighted by molar-refractivity contribution is 0.0966. The molecular formula is C8H5BrClNO. The van der Waals surface area contributed by atoms with Gasteiger partial charge in [-0.15, -0.1) is 0 Å². The summed E-state index contributed by atoms with van der Waals surface area (Å²) < 4.78 is 0.833. The molecule has 1 aliphatic heterocycles. The van der Waals surface area contributed by atoms with E-state index in [4.69, 9.17) is 11.6 Å². The fourth-order valence-corrected chi connectivity index (χ4v) is 1.77. The van der Waals surface area contributed by atoms with E-state index < -0.39 is 0 Å². The minimum Gasteiger partial charge on any atom is -0.348 e. The van der Waals surface area contributed by atoms with E-state index in [2.05, 4.69) is 21.2 Å². The molecule has 62 valence electrons. The van der Waals surface area contributed by atoms with Crippen molar-refractivity contribution in [1.29, 1.82) is 0 Å². The minimum absolute atomic E-state index is 0.0422. The molecule has 0 atom stereocenters. The minimum atomic E-state index is -0.0422. The Balaban J connectivity index is 2.63. The van der Waals surface area contributed by atoms with Crippen molar-refractivity contribution in [1.82, 2.24) is 5.32 Å². The molecule has 0 aromatic heterocycles. The zero-order valence-corrected chi connectivity index (χ0v) is 8.37. The molecule has 1 heterocycles. The van der Waals surface area contributed by atoms with Gasteiger partial charge < -0.3 is 5.32 Å². The molecule has 0 bridgehead atoms. The Morgan fingerprint density at radius 3 is 3.00 bits per heavy atom. The van der Waals surface area contributed by atoms with E-state index in [1.54, 1.807) is 6.07 Å². The molecule has 1 aromatic rings. The molecule has 0 fully saturated rings. The highest BCUT2D eigenvalue weighted by Gasteiger charge is 2.19. The monoisotopic (exact) mass is 245 g/mol. The lowest BCUT2D eigenvalue weighted by Crippen LogP contribution is -2.12. The first kappa shape index (κ1) is 8.08. The van der Waals surface area contributed by atoms with E-state index in [9.17, 15) is 4.79 Å². The third-order valence-corrected chi connectivity index (χ3v) is 3.03. The first-order chi connectivity index (χ1) is 5.68. The second-order valence-corrected chi connectivity index (χ2v) is 3.87. The molecule has 0 radical (unpaired) electrons. The summed E-state index contributed by atoms with van der Waals surface area (Å²) in [5.41, 5.74) is 1.68. The number of nitrogens with one attached hydrogen (secondary N) is 1. The molecule has 0 saturated carbocycles. The van der Waals surface area contributed by atoms with Crippen molar-refractivity contribution in [2.75, 3.05) is 0 Å². The molecule has 1 aromatic carbocycles. The normalized spacial score (nSPS) is 14.3. The van der Waals surface area contributed by atoms with Crippen LogP contribution in [0.25, 0.3) is 0 Å². The molecule has 4 heteroatoms. The smallest absolute Gasteiger partial charge is 0.251 e. The molecule has 0 spiro atoms. The first-order valence-corrected chi connectivity index (χ1v) is 4.61. The SMILES string of the molecule is O=C1NCc2cc(Br)c(Cl)cc21. The van der Waals surface area contributed by atoms with Crippen molar-refractivity contribution < 1.29 is 4.79 Å². The number of carbonyl (C=O) groups excluding carboxylic acids is 1. The Labute approximate surface area is 83.0 Å². The Bertz CT molecular complexity index is 364. The number of hydrogen-bond donors (Lipinski definition) is 1. The molecule has 1 aliphatic rings. The molecule has 0 unspecified atom stereocenters. The van der Waals surface area contributed by atoms with Crippen LogP contribution in [-0.2, 0) is 6.54 Å². The number of carbonyl (C=O) groups is 1. The molecule has 2 rings (SSSR count). The molecule has 1 amide bonds. The maximum Gasteiger partial charge on any atom is 0.251 e. The zero-order valence-electron chi connectivity index (χ0n) is 6.03. The third kappa shape index (κ3) is 1.13. The van der Waals surface area contributed by atoms with Gasteiger partial charge in [0.2, 0.25) is 0 Å². The van der Waals surface area contributed by atoms with Crippen LogP contribution < -0.4 is 5.32 Å². The highest BCUT2D eigenvalue weighted by molar-refractivity contribution is 9.10. The van der Waals surface area contributed by atoms with Crippen LogP contribution in [-0.4, -0.2) is 5.91 Å². The van der Waals surface area contributed by atoms with Gasteiger partial charge in [0.1, 0.15) is 0 Å². The van der Waals surface area contributed by atoms with Gasteiger partial charge in [0.15, 0.2) is 0 Å². The van der Waals surface area contributed by atoms with Gasteiger partial charge in [0.25, 0.3) is 5.91 Å². The average Bonchev–Trinajstić information content (AvgIpc) is 2.35. The van der Waals surface area contributed by atoms with Crippen molar-refractivity contribution >= 4 is 33.4 Å². The molecule has 0 aliphatic carbocycles. The van der Waals surface area contributed by atoms with E-state index >= 15 is 0 Å². The van der Waals surface area contributed by atoms with Crippen molar-refractivity contribution in [2.45, 2.75) is 6.54 Å². The van der Waals surface area contributed by atoms with Crippen LogP contribution in [0.5, 0.6) is 0 Å². The Hall–Kier alpha value is -0.540. The number of fused-ring (bicyclic) bond motifs is 1. The summed E-state index contributed by atoms with van der Waals surface area (Å²) in [4.78, 5) is 11.1. The Morgan fingerprint density at radius 1 is 1.50 bits per heavy atom. The van der Waals surface area contributed by atoms with Crippen LogP contribution in [0.4, 0.5) is 0 Å². The number of hydrogen-bond acceptors (Lipinski definition) is 1. The highest BCUT2D eigenvalue weighted by Crippen LogP contribution is 2.28. The summed E-state index contributed by atoms with van der Waals surface area (Å²) in [6, 6.07) is 3.55. The van der Waals surface area contributed by atoms with Crippen molar-refractivity contribution in [3.05, 3.63) is 32.8 Å². The number of rotatable bonds is 0. The Morgan fingerprint density at radius 2 is 2.25 bits per heavy atom. The predicted molar refractivity (Wildman–Crippen MR) is 50.3 cm³/mol. The summed E-state index contributed by atoms with van der Waals surface area (Å²) in [6.45, 7) is 0.601. The topological polar surface area (TPSA) is 29.1 Å². The predicted octanol–water partition coefficient (Wildman–Crippen LogP) is 2.35. The van der Waals surface area contributed by atoms with Gasteiger partial charge in [-0.3, -0.25) is 4.79 Å². The molecule has 1 N–H and O–H groups in total. The number of amides is 1. The van der Waals surface area contributed by atoms with Crippen LogP contribution in [0.15, 0.2) is 16.6 Å². The fraction of sp³-hybridized carbons (Fsp3) is 0.125. The van der Waals surface area contributed by atoms with E-state index in [0.717, 1.165) is 10.0 Å². The van der Waals surface area contributed by atoms with Gasteiger partial charge >= 0.3 is 0 Å². The van der Waals surface area contributed by atoms with Crippen LogP contribution in [0.3, 0.4) is 0 Å². The quantitative estimate of drug-likeness (QED) is 0.748. The lowest BCUT2D eigenvalue weighted by atomic mass is 10.1. The maximum atomic E-state index is 11.1. The van der Waals surface area contributed by atoms with Crippen molar-refractivity contribution in [3.8, 4) is 0 Å². The van der Waals surface area contributed by atoms with Gasteiger partial charge in [0.05, 0.1) is 5.02 Å². The van der Waals surface area contributed by atoms with Crippen LogP contribution in [0.2, 0.25) is 5.02 Å². The largest absolute Gasteiger partial charge is 0.348 e. The highest BCUT2D eigenvalue weighted by atomic mass is 79.9. The van der Waals surface area contributed by atoms with Crippen molar-refractivity contribution in [2.24, 2.45) is 0 Å². The molecule has 0 saturated heterocycles. The molecular weight excluding hydrogens is 241 g/mol. The maximum absolute atomic E-state index is 11.1. The van der Waals surface area contributed by atoms with E-state index in [0.29, 0.717) is 17.1 Å². The summed E-state index contributed by atoms with van der Waals surface area (Å²) in [7, 11) is 0. The third-order valence-electron chi connectivity index (χ3n) is 1.83. The van der Waals surface area contributed by atoms with E-state index in [-0.39, 0.29) is 5.91 Å². The zero-order chi connectivity index (χ0) is 8.72. The van der Waals surface area contributed by atoms with Crippen LogP contribution >= 0.6 is 27.5 Å². The average molecular weight is 246 g/mol. The van der Waals surface area contributed by atoms with Gasteiger partial charge in [-0.05, 0) is 33.6 Å². The summed E-state index contributed by atoms with van der Waals surface area (Å²) >= 11 is 9.13. The van der Waals surface area contributed by atoms with E-state index in [1.807, 2.05) is 6.07 Å². The van der Waals surface area contributed by atoms with Crippen molar-refractivity contribution in [3.63, 3.8) is 0 Å². The van der Waals surface area contributed by atoms with Gasteiger partial charge in [0, 0.05) is 16.6 Å². The summed E-state index contributed by atoms with van der Waals surface area (Å²) in [6.07, 6.45) is 0. The second kappa shape index (κ2) is 2.75. The first-order valence-electron chi connectivity index (χ1n) is 3.44. The van der Waals surface area contributed by atoms with E-state index in [1.165, 1.54) is 0 Å². The van der Waals surface area contributed by atoms with Gasteiger partial charge in [-0.2, -0.15) is 0 Å². The molecule has 2 nitrogen and oxygen atoms in total. The standard InChI is InChI=1S/C8H5BrClNO/c9-6-1-4-3-11-8(12)5(4)2-7(6)10/h1-2H,3H2,(H,11,12). The van der Waals surface area contributed by atoms with Crippen LogP contribution in [0.1, 0.15) is 15.9 Å². The number of halogens is 2. The second-order valence-electron chi connectivity index (χ2n) is 2.61. The lowest BCUT2D eigenvalue weighted by Gasteiger charge is -1.98. The summed E-state index contributed by atoms with van der Waals surface area (Å²) in [5, 5.41) is 3.30. The Kier molecular flexibility index (Phi) is 1.85. The fourth-order valence-electron chi connectivity index (χ4n) is 1.22. The van der Waals surface area contributed by atoms with Crippen LogP contribution in [0, 0.1) is 0 Å². The van der Waals surface area contributed by atoms with Gasteiger partial charge in [-0.25, -0.2) is 0 Å². The number of benzene rings is 1. The van der Waals surface area contributed by atoms with Gasteiger partial charge in [-0.1, -0.05) is 11.6 Å². The molecule has 12 heavy (non-hydrogen) atoms. The summed E-state index contributed by atoms with van der Waals surface area (Å²) in [5.74, 6) is -0.0422.